The fourth-order valence-electron chi connectivity index (χ4n) is 2.09. The Labute approximate surface area is 106 Å². The lowest BCUT2D eigenvalue weighted by atomic mass is 10.1. The molecule has 1 N–H and O–H groups in total. The number of nitrogens with zero attached hydrogens (tertiary/aromatic N) is 2. The molecule has 1 aromatic rings. The van der Waals surface area contributed by atoms with Crippen LogP contribution in [0.1, 0.15) is 5.56 Å². The fraction of sp³-hybridized carbons (Fsp3) is 0.462. The molecule has 0 radical (unpaired) electrons. The number of hydrogen-bond acceptors (Lipinski definition) is 3. The third-order valence-electron chi connectivity index (χ3n) is 3.19. The smallest absolute Gasteiger partial charge is 0.241 e. The molecule has 0 atom stereocenters. The first-order valence-corrected chi connectivity index (χ1v) is 6.03. The van der Waals surface area contributed by atoms with Gasteiger partial charge in [-0.15, -0.1) is 0 Å². The number of carbonyl (C=O) groups is 1. The predicted octanol–water partition coefficient (Wildman–Crippen LogP) is 0.823. The zero-order chi connectivity index (χ0) is 13.1. The van der Waals surface area contributed by atoms with E-state index in [4.69, 9.17) is 0 Å². The molecule has 0 unspecified atom stereocenters. The number of likely N-dealkylation sites (N-methyl/N-ethyl adjacent to an activating group) is 1. The molecular weight excluding hydrogens is 233 g/mol. The Balaban J connectivity index is 2.16. The van der Waals surface area contributed by atoms with Gasteiger partial charge >= 0.3 is 0 Å². The molecule has 1 aromatic carbocycles. The molecule has 1 fully saturated rings. The molecule has 1 aliphatic heterocycles. The highest BCUT2D eigenvalue weighted by atomic mass is 19.1. The second-order valence-electron chi connectivity index (χ2n) is 4.55. The maximum Gasteiger partial charge on any atom is 0.241 e. The van der Waals surface area contributed by atoms with Crippen LogP contribution in [0.25, 0.3) is 0 Å². The lowest BCUT2D eigenvalue weighted by Gasteiger charge is -2.33. The van der Waals surface area contributed by atoms with E-state index in [1.165, 1.54) is 6.07 Å². The first-order valence-electron chi connectivity index (χ1n) is 6.03. The van der Waals surface area contributed by atoms with Gasteiger partial charge in [-0.2, -0.15) is 0 Å². The molecule has 1 aliphatic rings. The van der Waals surface area contributed by atoms with Gasteiger partial charge < -0.3 is 15.1 Å². The Bertz CT molecular complexity index is 450. The average molecular weight is 251 g/mol. The highest BCUT2D eigenvalue weighted by Gasteiger charge is 2.22. The van der Waals surface area contributed by atoms with Gasteiger partial charge in [0.2, 0.25) is 5.91 Å². The van der Waals surface area contributed by atoms with E-state index in [2.05, 4.69) is 5.32 Å². The maximum atomic E-state index is 14.0. The summed E-state index contributed by atoms with van der Waals surface area (Å²) >= 11 is 0. The van der Waals surface area contributed by atoms with E-state index >= 15 is 0 Å². The summed E-state index contributed by atoms with van der Waals surface area (Å²) in [6.07, 6.45) is 0. The van der Waals surface area contributed by atoms with Crippen LogP contribution in [0.2, 0.25) is 0 Å². The fourth-order valence-corrected chi connectivity index (χ4v) is 2.09. The minimum atomic E-state index is -0.264. The van der Waals surface area contributed by atoms with Crippen molar-refractivity contribution in [3.8, 4) is 0 Å². The van der Waals surface area contributed by atoms with E-state index in [1.807, 2.05) is 13.1 Å². The zero-order valence-corrected chi connectivity index (χ0v) is 10.7. The summed E-state index contributed by atoms with van der Waals surface area (Å²) in [5.41, 5.74) is 1.41. The van der Waals surface area contributed by atoms with E-state index in [0.717, 1.165) is 5.56 Å². The van der Waals surface area contributed by atoms with E-state index in [-0.39, 0.29) is 18.3 Å². The quantitative estimate of drug-likeness (QED) is 0.864. The zero-order valence-electron chi connectivity index (χ0n) is 10.7. The molecule has 2 rings (SSSR count). The molecule has 0 bridgehead atoms. The van der Waals surface area contributed by atoms with Crippen LogP contribution in [0.4, 0.5) is 10.1 Å². The van der Waals surface area contributed by atoms with Gasteiger partial charge in [-0.1, -0.05) is 6.07 Å². The van der Waals surface area contributed by atoms with Crippen molar-refractivity contribution in [3.63, 3.8) is 0 Å². The van der Waals surface area contributed by atoms with Gasteiger partial charge in [-0.05, 0) is 24.7 Å². The van der Waals surface area contributed by atoms with Crippen LogP contribution in [0, 0.1) is 5.82 Å². The van der Waals surface area contributed by atoms with E-state index in [0.29, 0.717) is 25.3 Å². The van der Waals surface area contributed by atoms with Crippen molar-refractivity contribution in [1.82, 2.24) is 10.2 Å². The normalized spacial score (nSPS) is 16.3. The first-order chi connectivity index (χ1) is 8.61. The number of anilines is 1. The predicted molar refractivity (Wildman–Crippen MR) is 69.0 cm³/mol. The van der Waals surface area contributed by atoms with Crippen LogP contribution in [0.15, 0.2) is 18.2 Å². The number of amides is 1. The molecule has 18 heavy (non-hydrogen) atoms. The maximum absolute atomic E-state index is 14.0. The summed E-state index contributed by atoms with van der Waals surface area (Å²) in [6, 6.07) is 5.16. The molecule has 1 amide bonds. The molecule has 0 saturated carbocycles. The molecule has 4 nitrogen and oxygen atoms in total. The standard InChI is InChI=1S/C13H18FN3O/c1-15-8-10-3-4-12(11(14)7-10)17-6-5-16(2)13(18)9-17/h3-4,7,15H,5-6,8-9H2,1-2H3. The molecule has 0 aromatic heterocycles. The largest absolute Gasteiger partial charge is 0.358 e. The molecule has 1 saturated heterocycles. The minimum absolute atomic E-state index is 0.0277. The first kappa shape index (κ1) is 12.8. The summed E-state index contributed by atoms with van der Waals surface area (Å²) in [7, 11) is 3.59. The highest BCUT2D eigenvalue weighted by molar-refractivity contribution is 5.82. The van der Waals surface area contributed by atoms with Crippen molar-refractivity contribution in [1.29, 1.82) is 0 Å². The summed E-state index contributed by atoms with van der Waals surface area (Å²) in [6.45, 7) is 2.19. The van der Waals surface area contributed by atoms with Crippen molar-refractivity contribution in [2.45, 2.75) is 6.54 Å². The van der Waals surface area contributed by atoms with Crippen molar-refractivity contribution in [2.75, 3.05) is 38.6 Å². The molecule has 98 valence electrons. The number of halogens is 1. The Hall–Kier alpha value is -1.62. The number of piperazine rings is 1. The Morgan fingerprint density at radius 2 is 2.17 bits per heavy atom. The Morgan fingerprint density at radius 3 is 2.78 bits per heavy atom. The second kappa shape index (κ2) is 5.35. The van der Waals surface area contributed by atoms with Crippen LogP contribution in [0.5, 0.6) is 0 Å². The van der Waals surface area contributed by atoms with Crippen LogP contribution >= 0.6 is 0 Å². The van der Waals surface area contributed by atoms with Gasteiger partial charge in [0.05, 0.1) is 12.2 Å². The molecule has 0 spiro atoms. The Morgan fingerprint density at radius 1 is 1.39 bits per heavy atom. The van der Waals surface area contributed by atoms with Crippen LogP contribution in [0.3, 0.4) is 0 Å². The lowest BCUT2D eigenvalue weighted by molar-refractivity contribution is -0.129. The van der Waals surface area contributed by atoms with Crippen LogP contribution < -0.4 is 10.2 Å². The molecule has 1 heterocycles. The summed E-state index contributed by atoms with van der Waals surface area (Å²) in [4.78, 5) is 15.1. The third-order valence-corrected chi connectivity index (χ3v) is 3.19. The number of benzene rings is 1. The Kier molecular flexibility index (Phi) is 3.81. The van der Waals surface area contributed by atoms with Crippen molar-refractivity contribution in [3.05, 3.63) is 29.6 Å². The molecular formula is C13H18FN3O. The van der Waals surface area contributed by atoms with Crippen LogP contribution in [-0.4, -0.2) is 44.5 Å². The number of carbonyl (C=O) groups excluding carboxylic acids is 1. The van der Waals surface area contributed by atoms with Crippen LogP contribution in [-0.2, 0) is 11.3 Å². The van der Waals surface area contributed by atoms with Gasteiger partial charge in [0.1, 0.15) is 5.82 Å². The number of nitrogens with one attached hydrogen (secondary N) is 1. The topological polar surface area (TPSA) is 35.6 Å². The van der Waals surface area contributed by atoms with Gasteiger partial charge in [0.15, 0.2) is 0 Å². The minimum Gasteiger partial charge on any atom is -0.358 e. The molecule has 5 heteroatoms. The highest BCUT2D eigenvalue weighted by Crippen LogP contribution is 2.22. The van der Waals surface area contributed by atoms with E-state index in [9.17, 15) is 9.18 Å². The SMILES string of the molecule is CNCc1ccc(N2CCN(C)C(=O)C2)c(F)c1. The van der Waals surface area contributed by atoms with Gasteiger partial charge in [0.25, 0.3) is 0 Å². The summed E-state index contributed by atoms with van der Waals surface area (Å²) in [5, 5.41) is 2.98. The lowest BCUT2D eigenvalue weighted by Crippen LogP contribution is -2.48. The third kappa shape index (κ3) is 2.61. The van der Waals surface area contributed by atoms with Gasteiger partial charge in [0, 0.05) is 26.7 Å². The summed E-state index contributed by atoms with van der Waals surface area (Å²) in [5.74, 6) is -0.236. The summed E-state index contributed by atoms with van der Waals surface area (Å²) < 4.78 is 14.0. The van der Waals surface area contributed by atoms with E-state index in [1.54, 1.807) is 22.9 Å². The monoisotopic (exact) mass is 251 g/mol. The number of rotatable bonds is 3. The van der Waals surface area contributed by atoms with Gasteiger partial charge in [-0.3, -0.25) is 4.79 Å². The number of hydrogen-bond donors (Lipinski definition) is 1. The van der Waals surface area contributed by atoms with E-state index < -0.39 is 0 Å². The van der Waals surface area contributed by atoms with Crippen molar-refractivity contribution < 1.29 is 9.18 Å². The van der Waals surface area contributed by atoms with Crippen molar-refractivity contribution >= 4 is 11.6 Å². The second-order valence-corrected chi connectivity index (χ2v) is 4.55. The molecule has 0 aliphatic carbocycles. The van der Waals surface area contributed by atoms with Crippen molar-refractivity contribution in [2.24, 2.45) is 0 Å². The van der Waals surface area contributed by atoms with Gasteiger partial charge in [-0.25, -0.2) is 4.39 Å². The average Bonchev–Trinajstić information content (AvgIpc) is 2.34.